The number of amides is 1. The summed E-state index contributed by atoms with van der Waals surface area (Å²) in [6, 6.07) is 1.80. The molecular weight excluding hydrogens is 184 g/mol. The minimum atomic E-state index is -0.355. The van der Waals surface area contributed by atoms with Crippen LogP contribution in [0.2, 0.25) is 0 Å². The van der Waals surface area contributed by atoms with Crippen LogP contribution in [0.3, 0.4) is 0 Å². The molecule has 4 heteroatoms. The Bertz CT molecular complexity index is 269. The molecule has 0 aliphatic heterocycles. The van der Waals surface area contributed by atoms with Gasteiger partial charge in [-0.3, -0.25) is 10.1 Å². The van der Waals surface area contributed by atoms with E-state index in [9.17, 15) is 4.79 Å². The molecule has 0 aliphatic rings. The zero-order chi connectivity index (χ0) is 9.84. The number of hydrogen-bond donors (Lipinski definition) is 2. The van der Waals surface area contributed by atoms with E-state index in [0.29, 0.717) is 0 Å². The highest BCUT2D eigenvalue weighted by atomic mass is 32.1. The quantitative estimate of drug-likeness (QED) is 0.765. The first-order chi connectivity index (χ1) is 6.11. The molecule has 1 unspecified atom stereocenters. The molecule has 0 radical (unpaired) electrons. The van der Waals surface area contributed by atoms with Crippen molar-refractivity contribution in [2.45, 2.75) is 25.9 Å². The summed E-state index contributed by atoms with van der Waals surface area (Å²) in [5, 5.41) is 6.99. The number of nitrogens with one attached hydrogen (secondary N) is 1. The van der Waals surface area contributed by atoms with Gasteiger partial charge in [0.25, 0.3) is 0 Å². The Hall–Kier alpha value is -0.870. The second-order valence-electron chi connectivity index (χ2n) is 3.21. The molecule has 13 heavy (non-hydrogen) atoms. The van der Waals surface area contributed by atoms with E-state index >= 15 is 0 Å². The molecule has 0 bridgehead atoms. The third kappa shape index (κ3) is 2.82. The smallest absolute Gasteiger partial charge is 0.239 e. The zero-order valence-corrected chi connectivity index (χ0v) is 8.60. The molecule has 0 saturated heterocycles. The largest absolute Gasteiger partial charge is 0.368 e. The molecule has 1 amide bonds. The van der Waals surface area contributed by atoms with E-state index in [1.165, 1.54) is 0 Å². The number of thiophene rings is 1. The summed E-state index contributed by atoms with van der Waals surface area (Å²) < 4.78 is 0. The van der Waals surface area contributed by atoms with Gasteiger partial charge < -0.3 is 5.73 Å². The standard InChI is InChI=1S/C9H14N2OS/c1-6(2)11-8(9(10)12)7-3-4-13-5-7/h3-6,8,11H,1-2H3,(H2,10,12). The molecule has 1 heterocycles. The first kappa shape index (κ1) is 10.2. The third-order valence-electron chi connectivity index (χ3n) is 1.66. The number of hydrogen-bond acceptors (Lipinski definition) is 3. The Balaban J connectivity index is 2.75. The van der Waals surface area contributed by atoms with Gasteiger partial charge in [0.1, 0.15) is 6.04 Å². The van der Waals surface area contributed by atoms with Gasteiger partial charge in [0.2, 0.25) is 5.91 Å². The van der Waals surface area contributed by atoms with Crippen LogP contribution in [0.4, 0.5) is 0 Å². The maximum atomic E-state index is 11.1. The number of carbonyl (C=O) groups is 1. The Kier molecular flexibility index (Phi) is 3.45. The van der Waals surface area contributed by atoms with Crippen molar-refractivity contribution in [3.05, 3.63) is 22.4 Å². The molecule has 3 N–H and O–H groups in total. The van der Waals surface area contributed by atoms with E-state index in [4.69, 9.17) is 5.73 Å². The fourth-order valence-electron chi connectivity index (χ4n) is 1.12. The van der Waals surface area contributed by atoms with Crippen molar-refractivity contribution in [2.24, 2.45) is 5.73 Å². The first-order valence-corrected chi connectivity index (χ1v) is 5.13. The summed E-state index contributed by atoms with van der Waals surface area (Å²) in [4.78, 5) is 11.1. The minimum Gasteiger partial charge on any atom is -0.368 e. The van der Waals surface area contributed by atoms with Crippen LogP contribution in [0.5, 0.6) is 0 Å². The zero-order valence-electron chi connectivity index (χ0n) is 7.78. The van der Waals surface area contributed by atoms with E-state index in [-0.39, 0.29) is 18.0 Å². The van der Waals surface area contributed by atoms with Crippen LogP contribution in [0.15, 0.2) is 16.8 Å². The molecule has 1 rings (SSSR count). The Labute approximate surface area is 81.9 Å². The lowest BCUT2D eigenvalue weighted by molar-refractivity contribution is -0.120. The van der Waals surface area contributed by atoms with E-state index < -0.39 is 0 Å². The van der Waals surface area contributed by atoms with Gasteiger partial charge in [-0.2, -0.15) is 11.3 Å². The van der Waals surface area contributed by atoms with Crippen molar-refractivity contribution >= 4 is 17.2 Å². The first-order valence-electron chi connectivity index (χ1n) is 4.18. The summed E-state index contributed by atoms with van der Waals surface area (Å²) >= 11 is 1.56. The summed E-state index contributed by atoms with van der Waals surface area (Å²) in [5.74, 6) is -0.327. The van der Waals surface area contributed by atoms with Crippen LogP contribution in [0.25, 0.3) is 0 Å². The van der Waals surface area contributed by atoms with Gasteiger partial charge in [-0.25, -0.2) is 0 Å². The molecule has 0 saturated carbocycles. The number of primary amides is 1. The Morgan fingerprint density at radius 2 is 2.31 bits per heavy atom. The Morgan fingerprint density at radius 3 is 2.69 bits per heavy atom. The van der Waals surface area contributed by atoms with Crippen LogP contribution < -0.4 is 11.1 Å². The number of nitrogens with two attached hydrogens (primary N) is 1. The van der Waals surface area contributed by atoms with Crippen LogP contribution in [0.1, 0.15) is 25.5 Å². The van der Waals surface area contributed by atoms with E-state index in [1.54, 1.807) is 11.3 Å². The molecule has 0 aliphatic carbocycles. The third-order valence-corrected chi connectivity index (χ3v) is 2.36. The van der Waals surface area contributed by atoms with Gasteiger partial charge in [-0.1, -0.05) is 0 Å². The van der Waals surface area contributed by atoms with Crippen molar-refractivity contribution in [1.82, 2.24) is 5.32 Å². The molecule has 1 aromatic heterocycles. The second-order valence-corrected chi connectivity index (χ2v) is 3.99. The van der Waals surface area contributed by atoms with E-state index in [0.717, 1.165) is 5.56 Å². The molecule has 0 spiro atoms. The van der Waals surface area contributed by atoms with Crippen molar-refractivity contribution < 1.29 is 4.79 Å². The van der Waals surface area contributed by atoms with Crippen molar-refractivity contribution in [2.75, 3.05) is 0 Å². The highest BCUT2D eigenvalue weighted by Crippen LogP contribution is 2.16. The average Bonchev–Trinajstić information content (AvgIpc) is 2.50. The van der Waals surface area contributed by atoms with Gasteiger partial charge in [0.05, 0.1) is 0 Å². The highest BCUT2D eigenvalue weighted by Gasteiger charge is 2.18. The Morgan fingerprint density at radius 1 is 1.62 bits per heavy atom. The maximum absolute atomic E-state index is 11.1. The van der Waals surface area contributed by atoms with Gasteiger partial charge in [-0.15, -0.1) is 0 Å². The van der Waals surface area contributed by atoms with Gasteiger partial charge in [0.15, 0.2) is 0 Å². The topological polar surface area (TPSA) is 55.1 Å². The monoisotopic (exact) mass is 198 g/mol. The predicted octanol–water partition coefficient (Wildman–Crippen LogP) is 1.27. The van der Waals surface area contributed by atoms with Crippen LogP contribution in [-0.2, 0) is 4.79 Å². The van der Waals surface area contributed by atoms with E-state index in [1.807, 2.05) is 30.7 Å². The SMILES string of the molecule is CC(C)NC(C(N)=O)c1ccsc1. The molecular formula is C9H14N2OS. The number of rotatable bonds is 4. The lowest BCUT2D eigenvalue weighted by Gasteiger charge is -2.16. The van der Waals surface area contributed by atoms with Crippen molar-refractivity contribution in [1.29, 1.82) is 0 Å². The average molecular weight is 198 g/mol. The molecule has 1 aromatic rings. The second kappa shape index (κ2) is 4.39. The lowest BCUT2D eigenvalue weighted by atomic mass is 10.1. The number of carbonyl (C=O) groups excluding carboxylic acids is 1. The predicted molar refractivity (Wildman–Crippen MR) is 54.5 cm³/mol. The van der Waals surface area contributed by atoms with Crippen LogP contribution in [0, 0.1) is 0 Å². The highest BCUT2D eigenvalue weighted by molar-refractivity contribution is 7.08. The van der Waals surface area contributed by atoms with Crippen LogP contribution in [-0.4, -0.2) is 11.9 Å². The van der Waals surface area contributed by atoms with Crippen molar-refractivity contribution in [3.63, 3.8) is 0 Å². The maximum Gasteiger partial charge on any atom is 0.239 e. The van der Waals surface area contributed by atoms with Crippen LogP contribution >= 0.6 is 11.3 Å². The van der Waals surface area contributed by atoms with Gasteiger partial charge in [-0.05, 0) is 36.2 Å². The molecule has 0 aromatic carbocycles. The van der Waals surface area contributed by atoms with Crippen molar-refractivity contribution in [3.8, 4) is 0 Å². The molecule has 1 atom stereocenters. The summed E-state index contributed by atoms with van der Waals surface area (Å²) in [7, 11) is 0. The van der Waals surface area contributed by atoms with E-state index in [2.05, 4.69) is 5.32 Å². The summed E-state index contributed by atoms with van der Waals surface area (Å²) in [6.45, 7) is 3.98. The minimum absolute atomic E-state index is 0.248. The lowest BCUT2D eigenvalue weighted by Crippen LogP contribution is -2.37. The normalized spacial score (nSPS) is 13.2. The van der Waals surface area contributed by atoms with Gasteiger partial charge >= 0.3 is 0 Å². The molecule has 72 valence electrons. The molecule has 0 fully saturated rings. The fourth-order valence-corrected chi connectivity index (χ4v) is 1.80. The summed E-state index contributed by atoms with van der Waals surface area (Å²) in [6.07, 6.45) is 0. The molecule has 3 nitrogen and oxygen atoms in total. The van der Waals surface area contributed by atoms with Gasteiger partial charge in [0, 0.05) is 6.04 Å². The fraction of sp³-hybridized carbons (Fsp3) is 0.444. The summed E-state index contributed by atoms with van der Waals surface area (Å²) in [5.41, 5.74) is 6.23.